The highest BCUT2D eigenvalue weighted by molar-refractivity contribution is 5.90. The van der Waals surface area contributed by atoms with Gasteiger partial charge in [-0.2, -0.15) is 0 Å². The molecule has 6 nitrogen and oxygen atoms in total. The molecule has 0 aliphatic heterocycles. The Balaban J connectivity index is 2.01. The Kier molecular flexibility index (Phi) is 3.65. The monoisotopic (exact) mass is 252 g/mol. The summed E-state index contributed by atoms with van der Waals surface area (Å²) in [6, 6.07) is 0. The van der Waals surface area contributed by atoms with Crippen molar-refractivity contribution in [1.82, 2.24) is 20.5 Å². The van der Waals surface area contributed by atoms with Crippen LogP contribution in [0.3, 0.4) is 0 Å². The first-order valence-corrected chi connectivity index (χ1v) is 6.43. The van der Waals surface area contributed by atoms with E-state index < -0.39 is 5.54 Å². The number of rotatable bonds is 6. The Morgan fingerprint density at radius 2 is 2.33 bits per heavy atom. The van der Waals surface area contributed by atoms with E-state index in [0.717, 1.165) is 25.1 Å². The molecule has 1 aromatic heterocycles. The lowest BCUT2D eigenvalue weighted by molar-refractivity contribution is 0.0875. The van der Waals surface area contributed by atoms with Gasteiger partial charge in [-0.25, -0.2) is 4.98 Å². The van der Waals surface area contributed by atoms with Crippen LogP contribution in [0, 0.1) is 0 Å². The topological polar surface area (TPSA) is 90.9 Å². The molecule has 1 unspecified atom stereocenters. The minimum atomic E-state index is -0.411. The molecule has 0 radical (unpaired) electrons. The van der Waals surface area contributed by atoms with Gasteiger partial charge in [0.2, 0.25) is 5.82 Å². The van der Waals surface area contributed by atoms with Gasteiger partial charge in [0.15, 0.2) is 0 Å². The van der Waals surface area contributed by atoms with E-state index in [1.165, 1.54) is 0 Å². The van der Waals surface area contributed by atoms with Crippen molar-refractivity contribution < 1.29 is 9.90 Å². The SMILES string of the molecule is CCC(C)(CCO)NC(=O)c1n[nH]c(C2CC2)n1. The van der Waals surface area contributed by atoms with Crippen molar-refractivity contribution in [3.05, 3.63) is 11.6 Å². The molecule has 0 saturated heterocycles. The standard InChI is InChI=1S/C12H20N4O2/c1-3-12(2,6-7-17)14-11(18)10-13-9(15-16-10)8-4-5-8/h8,17H,3-7H2,1-2H3,(H,14,18)(H,13,15,16). The van der Waals surface area contributed by atoms with Gasteiger partial charge in [-0.1, -0.05) is 6.92 Å². The number of hydrogen-bond donors (Lipinski definition) is 3. The van der Waals surface area contributed by atoms with E-state index in [4.69, 9.17) is 5.11 Å². The van der Waals surface area contributed by atoms with Gasteiger partial charge >= 0.3 is 0 Å². The summed E-state index contributed by atoms with van der Waals surface area (Å²) in [6.07, 6.45) is 3.51. The molecule has 0 aromatic carbocycles. The van der Waals surface area contributed by atoms with Crippen LogP contribution in [0.15, 0.2) is 0 Å². The number of aromatic amines is 1. The van der Waals surface area contributed by atoms with Gasteiger partial charge < -0.3 is 10.4 Å². The quantitative estimate of drug-likeness (QED) is 0.703. The molecule has 1 fully saturated rings. The van der Waals surface area contributed by atoms with Crippen LogP contribution in [0.5, 0.6) is 0 Å². The fraction of sp³-hybridized carbons (Fsp3) is 0.750. The number of nitrogens with one attached hydrogen (secondary N) is 2. The number of amides is 1. The molecule has 1 aromatic rings. The number of aromatic nitrogens is 3. The van der Waals surface area contributed by atoms with Gasteiger partial charge in [-0.3, -0.25) is 9.89 Å². The van der Waals surface area contributed by atoms with Crippen LogP contribution >= 0.6 is 0 Å². The molecule has 18 heavy (non-hydrogen) atoms. The van der Waals surface area contributed by atoms with Crippen LogP contribution in [0.2, 0.25) is 0 Å². The molecule has 3 N–H and O–H groups in total. The summed E-state index contributed by atoms with van der Waals surface area (Å²) in [4.78, 5) is 16.2. The first-order valence-electron chi connectivity index (χ1n) is 6.43. The predicted octanol–water partition coefficient (Wildman–Crippen LogP) is 0.963. The van der Waals surface area contributed by atoms with E-state index in [9.17, 15) is 4.79 Å². The van der Waals surface area contributed by atoms with Crippen molar-refractivity contribution >= 4 is 5.91 Å². The maximum atomic E-state index is 12.0. The van der Waals surface area contributed by atoms with E-state index >= 15 is 0 Å². The molecule has 2 rings (SSSR count). The Morgan fingerprint density at radius 1 is 1.61 bits per heavy atom. The van der Waals surface area contributed by atoms with Gasteiger partial charge in [0.05, 0.1) is 0 Å². The Bertz CT molecular complexity index is 427. The number of hydrogen-bond acceptors (Lipinski definition) is 4. The van der Waals surface area contributed by atoms with E-state index in [0.29, 0.717) is 12.3 Å². The minimum absolute atomic E-state index is 0.0476. The third kappa shape index (κ3) is 2.87. The summed E-state index contributed by atoms with van der Waals surface area (Å²) >= 11 is 0. The average molecular weight is 252 g/mol. The molecule has 1 atom stereocenters. The number of carbonyl (C=O) groups is 1. The van der Waals surface area contributed by atoms with E-state index in [-0.39, 0.29) is 18.3 Å². The smallest absolute Gasteiger partial charge is 0.291 e. The van der Waals surface area contributed by atoms with Crippen LogP contribution in [0.4, 0.5) is 0 Å². The Hall–Kier alpha value is -1.43. The summed E-state index contributed by atoms with van der Waals surface area (Å²) in [5.41, 5.74) is -0.411. The van der Waals surface area contributed by atoms with Crippen molar-refractivity contribution in [2.45, 2.75) is 51.0 Å². The van der Waals surface area contributed by atoms with E-state index in [1.54, 1.807) is 0 Å². The number of nitrogens with zero attached hydrogens (tertiary/aromatic N) is 2. The zero-order valence-corrected chi connectivity index (χ0v) is 10.9. The lowest BCUT2D eigenvalue weighted by Crippen LogP contribution is -2.46. The first kappa shape index (κ1) is 13.0. The largest absolute Gasteiger partial charge is 0.396 e. The lowest BCUT2D eigenvalue weighted by atomic mass is 9.95. The third-order valence-electron chi connectivity index (χ3n) is 3.53. The van der Waals surface area contributed by atoms with Crippen LogP contribution < -0.4 is 5.32 Å². The number of aliphatic hydroxyl groups excluding tert-OH is 1. The van der Waals surface area contributed by atoms with Crippen LogP contribution in [0.25, 0.3) is 0 Å². The van der Waals surface area contributed by atoms with Gasteiger partial charge in [0.25, 0.3) is 5.91 Å². The van der Waals surface area contributed by atoms with Crippen molar-refractivity contribution in [2.75, 3.05) is 6.61 Å². The highest BCUT2D eigenvalue weighted by atomic mass is 16.3. The molecular formula is C12H20N4O2. The van der Waals surface area contributed by atoms with Crippen molar-refractivity contribution in [2.24, 2.45) is 0 Å². The van der Waals surface area contributed by atoms with Crippen molar-refractivity contribution in [1.29, 1.82) is 0 Å². The van der Waals surface area contributed by atoms with Crippen LogP contribution in [0.1, 0.15) is 61.9 Å². The lowest BCUT2D eigenvalue weighted by Gasteiger charge is -2.28. The molecule has 0 spiro atoms. The highest BCUT2D eigenvalue weighted by Crippen LogP contribution is 2.37. The third-order valence-corrected chi connectivity index (χ3v) is 3.53. The molecule has 1 heterocycles. The van der Waals surface area contributed by atoms with E-state index in [1.807, 2.05) is 13.8 Å². The van der Waals surface area contributed by atoms with Crippen molar-refractivity contribution in [3.8, 4) is 0 Å². The second kappa shape index (κ2) is 5.06. The predicted molar refractivity (Wildman–Crippen MR) is 66.2 cm³/mol. The maximum absolute atomic E-state index is 12.0. The zero-order chi connectivity index (χ0) is 13.2. The molecule has 1 saturated carbocycles. The van der Waals surface area contributed by atoms with Crippen molar-refractivity contribution in [3.63, 3.8) is 0 Å². The second-order valence-corrected chi connectivity index (χ2v) is 5.16. The Labute approximate surface area is 106 Å². The first-order chi connectivity index (χ1) is 8.58. The summed E-state index contributed by atoms with van der Waals surface area (Å²) in [5, 5.41) is 18.7. The molecular weight excluding hydrogens is 232 g/mol. The van der Waals surface area contributed by atoms with Gasteiger partial charge in [-0.05, 0) is 32.6 Å². The Morgan fingerprint density at radius 3 is 2.89 bits per heavy atom. The van der Waals surface area contributed by atoms with Crippen LogP contribution in [-0.2, 0) is 0 Å². The minimum Gasteiger partial charge on any atom is -0.396 e. The molecule has 1 aliphatic rings. The fourth-order valence-corrected chi connectivity index (χ4v) is 1.82. The second-order valence-electron chi connectivity index (χ2n) is 5.16. The highest BCUT2D eigenvalue weighted by Gasteiger charge is 2.30. The summed E-state index contributed by atoms with van der Waals surface area (Å²) in [6.45, 7) is 3.94. The average Bonchev–Trinajstić information content (AvgIpc) is 3.07. The maximum Gasteiger partial charge on any atom is 0.291 e. The summed E-state index contributed by atoms with van der Waals surface area (Å²) in [5.74, 6) is 1.17. The van der Waals surface area contributed by atoms with Crippen LogP contribution in [-0.4, -0.2) is 38.3 Å². The number of carbonyl (C=O) groups excluding carboxylic acids is 1. The number of H-pyrrole nitrogens is 1. The van der Waals surface area contributed by atoms with Gasteiger partial charge in [0.1, 0.15) is 5.82 Å². The molecule has 6 heteroatoms. The summed E-state index contributed by atoms with van der Waals surface area (Å²) < 4.78 is 0. The fourth-order valence-electron chi connectivity index (χ4n) is 1.82. The zero-order valence-electron chi connectivity index (χ0n) is 10.9. The molecule has 1 aliphatic carbocycles. The van der Waals surface area contributed by atoms with Gasteiger partial charge in [-0.15, -0.1) is 5.10 Å². The van der Waals surface area contributed by atoms with E-state index in [2.05, 4.69) is 20.5 Å². The normalized spacial score (nSPS) is 18.4. The molecule has 100 valence electrons. The molecule has 1 amide bonds. The van der Waals surface area contributed by atoms with Gasteiger partial charge in [0, 0.05) is 18.1 Å². The molecule has 0 bridgehead atoms. The number of aliphatic hydroxyl groups is 1. The summed E-state index contributed by atoms with van der Waals surface area (Å²) in [7, 11) is 0.